The van der Waals surface area contributed by atoms with Gasteiger partial charge in [-0.25, -0.2) is 14.4 Å². The first-order valence-corrected chi connectivity index (χ1v) is 13.0. The van der Waals surface area contributed by atoms with E-state index in [1.54, 1.807) is 18.6 Å². The van der Waals surface area contributed by atoms with Gasteiger partial charge in [0.2, 0.25) is 0 Å². The van der Waals surface area contributed by atoms with Gasteiger partial charge in [0.15, 0.2) is 17.5 Å². The molecule has 0 aliphatic carbocycles. The summed E-state index contributed by atoms with van der Waals surface area (Å²) in [6, 6.07) is 3.88. The number of pyridine rings is 3. The third-order valence-electron chi connectivity index (χ3n) is 7.48. The number of anilines is 1. The zero-order chi connectivity index (χ0) is 24.8. The van der Waals surface area contributed by atoms with Gasteiger partial charge in [-0.2, -0.15) is 5.10 Å². The van der Waals surface area contributed by atoms with Crippen molar-refractivity contribution in [1.29, 1.82) is 0 Å². The van der Waals surface area contributed by atoms with Crippen LogP contribution in [0.4, 0.5) is 10.2 Å². The molecule has 0 unspecified atom stereocenters. The molecule has 10 heteroatoms. The number of likely N-dealkylation sites (tertiary alicyclic amines) is 1. The van der Waals surface area contributed by atoms with Gasteiger partial charge in [-0.3, -0.25) is 20.0 Å². The molecular formula is C27H28FN9. The minimum absolute atomic E-state index is 0.262. The van der Waals surface area contributed by atoms with E-state index in [2.05, 4.69) is 39.9 Å². The second kappa shape index (κ2) is 9.19. The van der Waals surface area contributed by atoms with Crippen molar-refractivity contribution in [1.82, 2.24) is 40.0 Å². The summed E-state index contributed by atoms with van der Waals surface area (Å²) < 4.78 is 16.1. The highest BCUT2D eigenvalue weighted by atomic mass is 19.1. The predicted octanol–water partition coefficient (Wildman–Crippen LogP) is 4.68. The number of nitrogens with zero attached hydrogens (tertiary/aromatic N) is 7. The fourth-order valence-corrected chi connectivity index (χ4v) is 5.62. The van der Waals surface area contributed by atoms with Crippen molar-refractivity contribution in [2.75, 3.05) is 31.1 Å². The van der Waals surface area contributed by atoms with Gasteiger partial charge in [-0.15, -0.1) is 0 Å². The molecule has 2 fully saturated rings. The second-order valence-corrected chi connectivity index (χ2v) is 10.0. The van der Waals surface area contributed by atoms with Gasteiger partial charge in [-0.1, -0.05) is 0 Å². The van der Waals surface area contributed by atoms with Gasteiger partial charge < -0.3 is 9.88 Å². The first-order valence-electron chi connectivity index (χ1n) is 13.0. The summed E-state index contributed by atoms with van der Waals surface area (Å²) in [7, 11) is 0. The summed E-state index contributed by atoms with van der Waals surface area (Å²) in [6.07, 6.45) is 12.9. The van der Waals surface area contributed by atoms with Crippen LogP contribution in [0, 0.1) is 5.82 Å². The van der Waals surface area contributed by atoms with Crippen LogP contribution in [0.15, 0.2) is 36.9 Å². The lowest BCUT2D eigenvalue weighted by Gasteiger charge is -2.27. The number of aromatic nitrogens is 7. The summed E-state index contributed by atoms with van der Waals surface area (Å²) in [6.45, 7) is 4.93. The average Bonchev–Trinajstić information content (AvgIpc) is 3.69. The molecule has 2 N–H and O–H groups in total. The Morgan fingerprint density at radius 1 is 0.892 bits per heavy atom. The molecule has 2 aliphatic rings. The summed E-state index contributed by atoms with van der Waals surface area (Å²) in [5.74, 6) is 0.934. The van der Waals surface area contributed by atoms with Gasteiger partial charge >= 0.3 is 0 Å². The minimum Gasteiger partial charge on any atom is -0.355 e. The highest BCUT2D eigenvalue weighted by Gasteiger charge is 2.23. The van der Waals surface area contributed by atoms with E-state index in [9.17, 15) is 0 Å². The quantitative estimate of drug-likeness (QED) is 0.363. The van der Waals surface area contributed by atoms with Crippen LogP contribution in [-0.4, -0.2) is 66.2 Å². The molecule has 7 rings (SSSR count). The molecule has 0 saturated carbocycles. The number of H-pyrrole nitrogens is 2. The van der Waals surface area contributed by atoms with Gasteiger partial charge in [0.05, 0.1) is 22.6 Å². The maximum Gasteiger partial charge on any atom is 0.161 e. The number of aromatic amines is 2. The fourth-order valence-electron chi connectivity index (χ4n) is 5.62. The Labute approximate surface area is 213 Å². The molecule has 2 aliphatic heterocycles. The molecule has 0 amide bonds. The Morgan fingerprint density at radius 2 is 1.73 bits per heavy atom. The van der Waals surface area contributed by atoms with E-state index < -0.39 is 5.82 Å². The lowest BCUT2D eigenvalue weighted by atomic mass is 10.1. The Balaban J connectivity index is 1.28. The number of nitrogens with one attached hydrogen (secondary N) is 2. The van der Waals surface area contributed by atoms with Gasteiger partial charge in [0, 0.05) is 43.8 Å². The molecule has 9 nitrogen and oxygen atoms in total. The molecule has 188 valence electrons. The SMILES string of the molecule is Fc1c(-c2cncc(CN3CCCC3)c2)ncc2[nH]nc(-c3nc4c(N5CCCCC5)nccc4[nH]3)c12. The number of fused-ring (bicyclic) bond motifs is 2. The molecule has 2 saturated heterocycles. The van der Waals surface area contributed by atoms with E-state index in [0.29, 0.717) is 28.0 Å². The molecule has 0 atom stereocenters. The van der Waals surface area contributed by atoms with Crippen molar-refractivity contribution in [3.63, 3.8) is 0 Å². The van der Waals surface area contributed by atoms with Crippen LogP contribution in [0.25, 0.3) is 44.7 Å². The van der Waals surface area contributed by atoms with Gasteiger partial charge in [-0.05, 0) is 62.9 Å². The lowest BCUT2D eigenvalue weighted by Crippen LogP contribution is -2.30. The minimum atomic E-state index is -0.434. The summed E-state index contributed by atoms with van der Waals surface area (Å²) in [4.78, 5) is 26.3. The molecule has 0 bridgehead atoms. The van der Waals surface area contributed by atoms with Crippen LogP contribution in [-0.2, 0) is 6.54 Å². The van der Waals surface area contributed by atoms with E-state index in [1.165, 1.54) is 19.3 Å². The molecular weight excluding hydrogens is 469 g/mol. The molecule has 5 aromatic heterocycles. The monoisotopic (exact) mass is 497 g/mol. The maximum atomic E-state index is 16.1. The molecule has 7 heterocycles. The Hall–Kier alpha value is -3.92. The third-order valence-corrected chi connectivity index (χ3v) is 7.48. The topological polar surface area (TPSA) is 103 Å². The van der Waals surface area contributed by atoms with E-state index in [0.717, 1.165) is 68.0 Å². The Bertz CT molecular complexity index is 1580. The zero-order valence-corrected chi connectivity index (χ0v) is 20.5. The van der Waals surface area contributed by atoms with Gasteiger partial charge in [0.25, 0.3) is 0 Å². The Morgan fingerprint density at radius 3 is 2.59 bits per heavy atom. The van der Waals surface area contributed by atoms with Crippen molar-refractivity contribution < 1.29 is 4.39 Å². The largest absolute Gasteiger partial charge is 0.355 e. The first kappa shape index (κ1) is 22.3. The normalized spacial score (nSPS) is 16.8. The number of imidazole rings is 1. The van der Waals surface area contributed by atoms with E-state index in [4.69, 9.17) is 4.98 Å². The average molecular weight is 498 g/mol. The number of rotatable bonds is 5. The number of halogens is 1. The van der Waals surface area contributed by atoms with Crippen LogP contribution in [0.1, 0.15) is 37.7 Å². The highest BCUT2D eigenvalue weighted by Crippen LogP contribution is 2.34. The van der Waals surface area contributed by atoms with E-state index >= 15 is 4.39 Å². The van der Waals surface area contributed by atoms with Crippen molar-refractivity contribution >= 4 is 27.8 Å². The standard InChI is InChI=1S/C27H28FN9/c28-22-21-20(15-31-23(22)18-12-17(13-29-14-18)16-36-8-4-5-9-36)34-35-25(21)26-32-19-6-7-30-27(24(19)33-26)37-10-2-1-3-11-37/h6-7,12-15H,1-5,8-11,16H2,(H,32,33)(H,34,35). The summed E-state index contributed by atoms with van der Waals surface area (Å²) in [5.41, 5.74) is 4.56. The first-order chi connectivity index (χ1) is 18.2. The van der Waals surface area contributed by atoms with Crippen LogP contribution in [0.5, 0.6) is 0 Å². The van der Waals surface area contributed by atoms with Crippen LogP contribution in [0.3, 0.4) is 0 Å². The summed E-state index contributed by atoms with van der Waals surface area (Å²) in [5, 5.41) is 7.72. The maximum absolute atomic E-state index is 16.1. The highest BCUT2D eigenvalue weighted by molar-refractivity contribution is 5.96. The molecule has 0 aromatic carbocycles. The molecule has 37 heavy (non-hydrogen) atoms. The van der Waals surface area contributed by atoms with Crippen molar-refractivity contribution in [2.24, 2.45) is 0 Å². The Kier molecular flexibility index (Phi) is 5.53. The van der Waals surface area contributed by atoms with E-state index in [1.807, 2.05) is 18.3 Å². The molecule has 0 spiro atoms. The zero-order valence-electron chi connectivity index (χ0n) is 20.5. The van der Waals surface area contributed by atoms with Crippen molar-refractivity contribution in [3.05, 3.63) is 48.3 Å². The lowest BCUT2D eigenvalue weighted by molar-refractivity contribution is 0.331. The van der Waals surface area contributed by atoms with Crippen molar-refractivity contribution in [2.45, 2.75) is 38.6 Å². The molecule has 5 aromatic rings. The van der Waals surface area contributed by atoms with Gasteiger partial charge in [0.1, 0.15) is 16.9 Å². The fraction of sp³-hybridized carbons (Fsp3) is 0.370. The smallest absolute Gasteiger partial charge is 0.161 e. The van der Waals surface area contributed by atoms with Crippen LogP contribution < -0.4 is 4.90 Å². The number of hydrogen-bond donors (Lipinski definition) is 2. The van der Waals surface area contributed by atoms with Crippen LogP contribution in [0.2, 0.25) is 0 Å². The molecule has 0 radical (unpaired) electrons. The number of hydrogen-bond acceptors (Lipinski definition) is 7. The van der Waals surface area contributed by atoms with Crippen LogP contribution >= 0.6 is 0 Å². The summed E-state index contributed by atoms with van der Waals surface area (Å²) >= 11 is 0. The van der Waals surface area contributed by atoms with E-state index in [-0.39, 0.29) is 5.69 Å². The predicted molar refractivity (Wildman–Crippen MR) is 141 cm³/mol. The second-order valence-electron chi connectivity index (χ2n) is 10.0. The van der Waals surface area contributed by atoms with Crippen molar-refractivity contribution in [3.8, 4) is 22.8 Å². The number of piperidine rings is 1. The third kappa shape index (κ3) is 4.01.